The lowest BCUT2D eigenvalue weighted by Crippen LogP contribution is -2.13. The van der Waals surface area contributed by atoms with Crippen LogP contribution >= 0.6 is 11.6 Å². The summed E-state index contributed by atoms with van der Waals surface area (Å²) >= 11 is 5.74. The van der Waals surface area contributed by atoms with Gasteiger partial charge in [-0.2, -0.15) is 0 Å². The number of benzene rings is 1. The van der Waals surface area contributed by atoms with Crippen LogP contribution in [0.2, 0.25) is 5.02 Å². The van der Waals surface area contributed by atoms with Gasteiger partial charge in [-0.1, -0.05) is 11.6 Å². The maximum absolute atomic E-state index is 14.1. The summed E-state index contributed by atoms with van der Waals surface area (Å²) in [6.45, 7) is 0. The quantitative estimate of drug-likeness (QED) is 0.789. The second-order valence-corrected chi connectivity index (χ2v) is 4.73. The lowest BCUT2D eigenvalue weighted by molar-refractivity contribution is 0.0995. The van der Waals surface area contributed by atoms with Gasteiger partial charge in [0.2, 0.25) is 0 Å². The number of fused-ring (bicyclic) bond motifs is 1. The third-order valence-electron chi connectivity index (χ3n) is 2.93. The van der Waals surface area contributed by atoms with Crippen molar-refractivity contribution in [1.82, 2.24) is 15.0 Å². The van der Waals surface area contributed by atoms with E-state index in [2.05, 4.69) is 15.0 Å². The van der Waals surface area contributed by atoms with Gasteiger partial charge in [0.05, 0.1) is 12.4 Å². The van der Waals surface area contributed by atoms with Gasteiger partial charge in [-0.3, -0.25) is 14.8 Å². The summed E-state index contributed by atoms with van der Waals surface area (Å²) in [5, 5.41) is 0.286. The average molecular weight is 303 g/mol. The van der Waals surface area contributed by atoms with Gasteiger partial charge in [0.15, 0.2) is 0 Å². The zero-order valence-electron chi connectivity index (χ0n) is 10.5. The Balaban J connectivity index is 2.31. The highest BCUT2D eigenvalue weighted by molar-refractivity contribution is 6.30. The smallest absolute Gasteiger partial charge is 0.268 e. The van der Waals surface area contributed by atoms with Gasteiger partial charge in [-0.05, 0) is 18.2 Å². The number of primary amides is 1. The van der Waals surface area contributed by atoms with E-state index in [0.717, 1.165) is 0 Å². The Morgan fingerprint density at radius 2 is 2.00 bits per heavy atom. The third-order valence-corrected chi connectivity index (χ3v) is 3.17. The minimum Gasteiger partial charge on any atom is -0.364 e. The molecule has 0 fully saturated rings. The number of carbonyl (C=O) groups is 1. The fourth-order valence-electron chi connectivity index (χ4n) is 1.96. The van der Waals surface area contributed by atoms with Crippen molar-refractivity contribution in [3.05, 3.63) is 53.3 Å². The Labute approximate surface area is 123 Å². The van der Waals surface area contributed by atoms with Gasteiger partial charge in [0, 0.05) is 22.3 Å². The molecule has 2 N–H and O–H groups in total. The lowest BCUT2D eigenvalue weighted by Gasteiger charge is -2.07. The monoisotopic (exact) mass is 302 g/mol. The van der Waals surface area contributed by atoms with Crippen LogP contribution in [0.4, 0.5) is 4.39 Å². The summed E-state index contributed by atoms with van der Waals surface area (Å²) < 4.78 is 14.1. The van der Waals surface area contributed by atoms with E-state index in [-0.39, 0.29) is 16.3 Å². The van der Waals surface area contributed by atoms with Gasteiger partial charge >= 0.3 is 0 Å². The number of carbonyl (C=O) groups excluding carboxylic acids is 1. The highest BCUT2D eigenvalue weighted by Crippen LogP contribution is 2.29. The van der Waals surface area contributed by atoms with Gasteiger partial charge in [-0.25, -0.2) is 9.37 Å². The molecular weight excluding hydrogens is 295 g/mol. The molecule has 7 heteroatoms. The number of nitrogens with two attached hydrogens (primary N) is 1. The topological polar surface area (TPSA) is 81.8 Å². The molecule has 2 heterocycles. The Bertz CT molecular complexity index is 869. The first-order valence-corrected chi connectivity index (χ1v) is 6.30. The Hall–Kier alpha value is -2.60. The SMILES string of the molecule is NC(=O)c1cnc2cncc(-c3ccc(Cl)cc3F)c2n1. The van der Waals surface area contributed by atoms with Crippen molar-refractivity contribution in [1.29, 1.82) is 0 Å². The number of amides is 1. The van der Waals surface area contributed by atoms with E-state index in [1.54, 1.807) is 6.07 Å². The molecule has 2 aromatic heterocycles. The maximum Gasteiger partial charge on any atom is 0.268 e. The van der Waals surface area contributed by atoms with Gasteiger partial charge in [0.25, 0.3) is 5.91 Å². The Kier molecular flexibility index (Phi) is 3.23. The standard InChI is InChI=1S/C14H8ClFN4O/c15-7-1-2-8(10(16)3-7)9-4-18-5-11-13(9)20-12(6-19-11)14(17)21/h1-6H,(H2,17,21). The van der Waals surface area contributed by atoms with Crippen molar-refractivity contribution in [2.75, 3.05) is 0 Å². The van der Waals surface area contributed by atoms with E-state index < -0.39 is 11.7 Å². The van der Waals surface area contributed by atoms with Gasteiger partial charge in [0.1, 0.15) is 22.5 Å². The van der Waals surface area contributed by atoms with Gasteiger partial charge < -0.3 is 5.73 Å². The first-order valence-electron chi connectivity index (χ1n) is 5.92. The van der Waals surface area contributed by atoms with Crippen LogP contribution in [-0.2, 0) is 0 Å². The fourth-order valence-corrected chi connectivity index (χ4v) is 2.12. The zero-order valence-corrected chi connectivity index (χ0v) is 11.3. The second-order valence-electron chi connectivity index (χ2n) is 4.30. The minimum atomic E-state index is -0.705. The number of hydrogen-bond acceptors (Lipinski definition) is 4. The molecule has 3 aromatic rings. The summed E-state index contributed by atoms with van der Waals surface area (Å²) in [6, 6.07) is 4.28. The molecule has 0 saturated heterocycles. The van der Waals surface area contributed by atoms with E-state index in [1.807, 2.05) is 0 Å². The molecule has 0 spiro atoms. The summed E-state index contributed by atoms with van der Waals surface area (Å²) in [4.78, 5) is 23.4. The molecule has 0 aliphatic heterocycles. The molecule has 1 amide bonds. The number of nitrogens with zero attached hydrogens (tertiary/aromatic N) is 3. The third kappa shape index (κ3) is 2.41. The lowest BCUT2D eigenvalue weighted by atomic mass is 10.1. The highest BCUT2D eigenvalue weighted by Gasteiger charge is 2.13. The van der Waals surface area contributed by atoms with E-state index in [1.165, 1.54) is 30.7 Å². The summed E-state index contributed by atoms with van der Waals surface area (Å²) in [5.74, 6) is -1.22. The normalized spacial score (nSPS) is 10.8. The van der Waals surface area contributed by atoms with Crippen LogP contribution in [0.5, 0.6) is 0 Å². The van der Waals surface area contributed by atoms with Crippen molar-refractivity contribution in [2.24, 2.45) is 5.73 Å². The fraction of sp³-hybridized carbons (Fsp3) is 0. The molecule has 0 saturated carbocycles. The molecule has 0 aliphatic rings. The van der Waals surface area contributed by atoms with Crippen molar-refractivity contribution in [3.63, 3.8) is 0 Å². The van der Waals surface area contributed by atoms with Crippen LogP contribution in [-0.4, -0.2) is 20.9 Å². The van der Waals surface area contributed by atoms with Crippen LogP contribution in [0.1, 0.15) is 10.5 Å². The molecule has 0 bridgehead atoms. The molecule has 0 atom stereocenters. The van der Waals surface area contributed by atoms with E-state index in [0.29, 0.717) is 16.6 Å². The highest BCUT2D eigenvalue weighted by atomic mass is 35.5. The predicted molar refractivity (Wildman–Crippen MR) is 76.3 cm³/mol. The van der Waals surface area contributed by atoms with Crippen molar-refractivity contribution < 1.29 is 9.18 Å². The summed E-state index contributed by atoms with van der Waals surface area (Å²) in [6.07, 6.45) is 4.19. The first-order chi connectivity index (χ1) is 10.1. The number of rotatable bonds is 2. The largest absolute Gasteiger partial charge is 0.364 e. The molecule has 3 rings (SSSR count). The van der Waals surface area contributed by atoms with Crippen LogP contribution in [0.25, 0.3) is 22.2 Å². The average Bonchev–Trinajstić information content (AvgIpc) is 2.46. The van der Waals surface area contributed by atoms with Gasteiger partial charge in [-0.15, -0.1) is 0 Å². The summed E-state index contributed by atoms with van der Waals surface area (Å²) in [5.41, 5.74) is 6.67. The second kappa shape index (κ2) is 5.06. The zero-order chi connectivity index (χ0) is 15.0. The van der Waals surface area contributed by atoms with Crippen LogP contribution < -0.4 is 5.73 Å². The van der Waals surface area contributed by atoms with Crippen molar-refractivity contribution in [3.8, 4) is 11.1 Å². The Morgan fingerprint density at radius 3 is 2.71 bits per heavy atom. The number of pyridine rings is 1. The van der Waals surface area contributed by atoms with Crippen LogP contribution in [0.15, 0.2) is 36.8 Å². The molecule has 0 radical (unpaired) electrons. The molecule has 0 unspecified atom stereocenters. The first kappa shape index (κ1) is 13.4. The summed E-state index contributed by atoms with van der Waals surface area (Å²) in [7, 11) is 0. The predicted octanol–water partition coefficient (Wildman–Crippen LogP) is 2.58. The van der Waals surface area contributed by atoms with Crippen LogP contribution in [0.3, 0.4) is 0 Å². The number of halogens is 2. The number of aromatic nitrogens is 3. The molecule has 0 aliphatic carbocycles. The van der Waals surface area contributed by atoms with Crippen molar-refractivity contribution >= 4 is 28.5 Å². The van der Waals surface area contributed by atoms with Crippen molar-refractivity contribution in [2.45, 2.75) is 0 Å². The Morgan fingerprint density at radius 1 is 1.19 bits per heavy atom. The molecule has 21 heavy (non-hydrogen) atoms. The van der Waals surface area contributed by atoms with E-state index >= 15 is 0 Å². The van der Waals surface area contributed by atoms with Crippen LogP contribution in [0, 0.1) is 5.82 Å². The molecule has 104 valence electrons. The molecule has 5 nitrogen and oxygen atoms in total. The maximum atomic E-state index is 14.1. The minimum absolute atomic E-state index is 0.00400. The number of hydrogen-bond donors (Lipinski definition) is 1. The molecule has 1 aromatic carbocycles. The van der Waals surface area contributed by atoms with E-state index in [4.69, 9.17) is 17.3 Å². The molecular formula is C14H8ClFN4O. The van der Waals surface area contributed by atoms with E-state index in [9.17, 15) is 9.18 Å².